The SMILES string of the molecule is O=C(Cc1csc(Cc2ccccc2)n1)Nc1cccc(Cn2ccnc2)c1. The molecule has 5 nitrogen and oxygen atoms in total. The van der Waals surface area contributed by atoms with Crippen LogP contribution >= 0.6 is 11.3 Å². The van der Waals surface area contributed by atoms with Crippen LogP contribution in [0.25, 0.3) is 0 Å². The molecule has 2 aromatic heterocycles. The van der Waals surface area contributed by atoms with E-state index in [1.54, 1.807) is 23.9 Å². The largest absolute Gasteiger partial charge is 0.333 e. The number of carbonyl (C=O) groups excluding carboxylic acids is 1. The number of thiazole rings is 1. The van der Waals surface area contributed by atoms with E-state index in [4.69, 9.17) is 0 Å². The lowest BCUT2D eigenvalue weighted by Crippen LogP contribution is -2.15. The lowest BCUT2D eigenvalue weighted by molar-refractivity contribution is -0.115. The average Bonchev–Trinajstić information content (AvgIpc) is 3.35. The fourth-order valence-corrected chi connectivity index (χ4v) is 3.82. The van der Waals surface area contributed by atoms with Crippen molar-refractivity contribution in [3.63, 3.8) is 0 Å². The van der Waals surface area contributed by atoms with E-state index in [9.17, 15) is 4.79 Å². The Morgan fingerprint density at radius 2 is 1.93 bits per heavy atom. The average molecular weight is 388 g/mol. The second-order valence-electron chi connectivity index (χ2n) is 6.56. The maximum absolute atomic E-state index is 12.4. The molecule has 6 heteroatoms. The predicted molar refractivity (Wildman–Crippen MR) is 111 cm³/mol. The van der Waals surface area contributed by atoms with E-state index < -0.39 is 0 Å². The van der Waals surface area contributed by atoms with Gasteiger partial charge in [0.25, 0.3) is 0 Å². The number of hydrogen-bond donors (Lipinski definition) is 1. The molecule has 28 heavy (non-hydrogen) atoms. The molecule has 1 N–H and O–H groups in total. The summed E-state index contributed by atoms with van der Waals surface area (Å²) in [6.45, 7) is 0.721. The quantitative estimate of drug-likeness (QED) is 0.517. The smallest absolute Gasteiger partial charge is 0.230 e. The van der Waals surface area contributed by atoms with Crippen molar-refractivity contribution < 1.29 is 4.79 Å². The van der Waals surface area contributed by atoms with Crippen LogP contribution in [0.5, 0.6) is 0 Å². The van der Waals surface area contributed by atoms with Gasteiger partial charge in [-0.15, -0.1) is 11.3 Å². The number of anilines is 1. The van der Waals surface area contributed by atoms with Crippen LogP contribution in [0.2, 0.25) is 0 Å². The Labute approximate surface area is 167 Å². The van der Waals surface area contributed by atoms with Gasteiger partial charge in [0, 0.05) is 36.4 Å². The van der Waals surface area contributed by atoms with Gasteiger partial charge in [0.1, 0.15) is 0 Å². The van der Waals surface area contributed by atoms with Crippen LogP contribution < -0.4 is 5.32 Å². The number of aromatic nitrogens is 3. The van der Waals surface area contributed by atoms with Crippen LogP contribution in [-0.4, -0.2) is 20.4 Å². The molecule has 0 unspecified atom stereocenters. The summed E-state index contributed by atoms with van der Waals surface area (Å²) in [7, 11) is 0. The maximum Gasteiger partial charge on any atom is 0.230 e. The van der Waals surface area contributed by atoms with Crippen molar-refractivity contribution in [3.8, 4) is 0 Å². The van der Waals surface area contributed by atoms with Gasteiger partial charge in [-0.1, -0.05) is 42.5 Å². The molecule has 0 saturated heterocycles. The highest BCUT2D eigenvalue weighted by atomic mass is 32.1. The van der Waals surface area contributed by atoms with Crippen LogP contribution in [-0.2, 0) is 24.2 Å². The zero-order valence-corrected chi connectivity index (χ0v) is 16.1. The van der Waals surface area contributed by atoms with Crippen molar-refractivity contribution in [3.05, 3.63) is 101 Å². The first kappa shape index (κ1) is 18.1. The van der Waals surface area contributed by atoms with E-state index in [1.165, 1.54) is 5.56 Å². The Kier molecular flexibility index (Phi) is 5.58. The molecule has 2 aromatic carbocycles. The van der Waals surface area contributed by atoms with Gasteiger partial charge in [-0.2, -0.15) is 0 Å². The molecule has 140 valence electrons. The molecule has 2 heterocycles. The zero-order valence-electron chi connectivity index (χ0n) is 15.3. The molecule has 0 saturated carbocycles. The van der Waals surface area contributed by atoms with E-state index in [0.29, 0.717) is 0 Å². The molecule has 0 fully saturated rings. The molecule has 0 atom stereocenters. The number of nitrogens with zero attached hydrogens (tertiary/aromatic N) is 3. The van der Waals surface area contributed by atoms with E-state index in [2.05, 4.69) is 27.4 Å². The molecule has 0 radical (unpaired) electrons. The highest BCUT2D eigenvalue weighted by Gasteiger charge is 2.09. The number of carbonyl (C=O) groups is 1. The van der Waals surface area contributed by atoms with Crippen LogP contribution in [0, 0.1) is 0 Å². The minimum absolute atomic E-state index is 0.0589. The van der Waals surface area contributed by atoms with E-state index in [1.807, 2.05) is 58.6 Å². The van der Waals surface area contributed by atoms with Crippen molar-refractivity contribution in [1.82, 2.24) is 14.5 Å². The normalized spacial score (nSPS) is 10.7. The first-order chi connectivity index (χ1) is 13.7. The van der Waals surface area contributed by atoms with Crippen molar-refractivity contribution in [1.29, 1.82) is 0 Å². The van der Waals surface area contributed by atoms with Gasteiger partial charge in [0.05, 0.1) is 23.4 Å². The molecule has 0 aliphatic rings. The molecular formula is C22H20N4OS. The number of benzene rings is 2. The second-order valence-corrected chi connectivity index (χ2v) is 7.50. The van der Waals surface area contributed by atoms with E-state index in [0.717, 1.165) is 34.9 Å². The number of nitrogens with one attached hydrogen (secondary N) is 1. The number of rotatable bonds is 7. The summed E-state index contributed by atoms with van der Waals surface area (Å²) in [4.78, 5) is 21.1. The lowest BCUT2D eigenvalue weighted by atomic mass is 10.2. The van der Waals surface area contributed by atoms with Gasteiger partial charge in [-0.25, -0.2) is 9.97 Å². The monoisotopic (exact) mass is 388 g/mol. The molecule has 0 aliphatic heterocycles. The van der Waals surface area contributed by atoms with E-state index >= 15 is 0 Å². The van der Waals surface area contributed by atoms with Gasteiger partial charge in [-0.3, -0.25) is 4.79 Å². The number of hydrogen-bond acceptors (Lipinski definition) is 4. The summed E-state index contributed by atoms with van der Waals surface area (Å²) in [5, 5.41) is 5.96. The van der Waals surface area contributed by atoms with Gasteiger partial charge >= 0.3 is 0 Å². The van der Waals surface area contributed by atoms with E-state index in [-0.39, 0.29) is 12.3 Å². The molecule has 4 aromatic rings. The Morgan fingerprint density at radius 1 is 1.07 bits per heavy atom. The minimum Gasteiger partial charge on any atom is -0.333 e. The lowest BCUT2D eigenvalue weighted by Gasteiger charge is -2.07. The van der Waals surface area contributed by atoms with Crippen LogP contribution in [0.3, 0.4) is 0 Å². The summed E-state index contributed by atoms with van der Waals surface area (Å²) in [6.07, 6.45) is 6.52. The molecule has 0 spiro atoms. The number of amides is 1. The standard InChI is InChI=1S/C22H20N4OS/c27-21(13-20-15-28-22(25-20)12-17-5-2-1-3-6-17)24-19-8-4-7-18(11-19)14-26-10-9-23-16-26/h1-11,15-16H,12-14H2,(H,24,27). The van der Waals surface area contributed by atoms with Gasteiger partial charge in [-0.05, 0) is 23.3 Å². The fourth-order valence-electron chi connectivity index (χ4n) is 2.99. The van der Waals surface area contributed by atoms with Crippen LogP contribution in [0.1, 0.15) is 21.8 Å². The molecule has 0 aliphatic carbocycles. The minimum atomic E-state index is -0.0589. The fraction of sp³-hybridized carbons (Fsp3) is 0.136. The third kappa shape index (κ3) is 4.92. The second kappa shape index (κ2) is 8.63. The van der Waals surface area contributed by atoms with Gasteiger partial charge < -0.3 is 9.88 Å². The number of imidazole rings is 1. The highest BCUT2D eigenvalue weighted by molar-refractivity contribution is 7.09. The zero-order chi connectivity index (χ0) is 19.2. The van der Waals surface area contributed by atoms with Gasteiger partial charge in [0.2, 0.25) is 5.91 Å². The summed E-state index contributed by atoms with van der Waals surface area (Å²) in [6, 6.07) is 18.1. The summed E-state index contributed by atoms with van der Waals surface area (Å²) in [5.74, 6) is -0.0589. The van der Waals surface area contributed by atoms with Crippen molar-refractivity contribution >= 4 is 22.9 Å². The Balaban J connectivity index is 1.34. The van der Waals surface area contributed by atoms with Crippen molar-refractivity contribution in [2.75, 3.05) is 5.32 Å². The molecule has 4 rings (SSSR count). The molecular weight excluding hydrogens is 368 g/mol. The van der Waals surface area contributed by atoms with Crippen LogP contribution in [0.4, 0.5) is 5.69 Å². The topological polar surface area (TPSA) is 59.8 Å². The summed E-state index contributed by atoms with van der Waals surface area (Å²) < 4.78 is 1.99. The van der Waals surface area contributed by atoms with Crippen LogP contribution in [0.15, 0.2) is 78.7 Å². The Hall–Kier alpha value is -3.25. The molecule has 1 amide bonds. The van der Waals surface area contributed by atoms with Crippen molar-refractivity contribution in [2.24, 2.45) is 0 Å². The first-order valence-corrected chi connectivity index (χ1v) is 9.94. The Morgan fingerprint density at radius 3 is 2.75 bits per heavy atom. The van der Waals surface area contributed by atoms with Crippen molar-refractivity contribution in [2.45, 2.75) is 19.4 Å². The highest BCUT2D eigenvalue weighted by Crippen LogP contribution is 2.16. The predicted octanol–water partition coefficient (Wildman–Crippen LogP) is 4.16. The third-order valence-electron chi connectivity index (χ3n) is 4.27. The third-order valence-corrected chi connectivity index (χ3v) is 5.17. The van der Waals surface area contributed by atoms with Gasteiger partial charge in [0.15, 0.2) is 0 Å². The first-order valence-electron chi connectivity index (χ1n) is 9.06. The summed E-state index contributed by atoms with van der Waals surface area (Å²) >= 11 is 1.60. The molecule has 0 bridgehead atoms. The maximum atomic E-state index is 12.4. The Bertz CT molecular complexity index is 1040. The summed E-state index contributed by atoms with van der Waals surface area (Å²) in [5.41, 5.74) is 3.93.